The van der Waals surface area contributed by atoms with Gasteiger partial charge in [-0.25, -0.2) is 0 Å². The van der Waals surface area contributed by atoms with Gasteiger partial charge in [-0.15, -0.1) is 0 Å². The number of carbonyl (C=O) groups excluding carboxylic acids is 1. The molecule has 0 aliphatic carbocycles. The monoisotopic (exact) mass is 967 g/mol. The molecule has 0 aromatic heterocycles. The van der Waals surface area contributed by atoms with E-state index in [9.17, 15) is 19.4 Å². The molecule has 3 atom stereocenters. The van der Waals surface area contributed by atoms with E-state index >= 15 is 0 Å². The Morgan fingerprint density at radius 2 is 0.836 bits per heavy atom. The molecule has 0 spiro atoms. The van der Waals surface area contributed by atoms with Crippen molar-refractivity contribution in [2.24, 2.45) is 0 Å². The van der Waals surface area contributed by atoms with E-state index in [0.717, 1.165) is 38.5 Å². The number of amides is 1. The third-order valence-corrected chi connectivity index (χ3v) is 14.4. The van der Waals surface area contributed by atoms with Crippen molar-refractivity contribution in [1.82, 2.24) is 5.32 Å². The summed E-state index contributed by atoms with van der Waals surface area (Å²) in [5.74, 6) is -0.202. The summed E-state index contributed by atoms with van der Waals surface area (Å²) in [4.78, 5) is 25.4. The fourth-order valence-electron chi connectivity index (χ4n) is 8.82. The number of quaternary nitrogens is 1. The molecule has 0 bridgehead atoms. The van der Waals surface area contributed by atoms with Gasteiger partial charge in [-0.3, -0.25) is 9.36 Å². The van der Waals surface area contributed by atoms with Crippen LogP contribution in [0.3, 0.4) is 0 Å². The number of allylic oxidation sites excluding steroid dienone is 3. The first-order valence-electron chi connectivity index (χ1n) is 29.2. The Morgan fingerprint density at radius 3 is 1.21 bits per heavy atom. The fraction of sp³-hybridized carbons (Fsp3) is 0.914. The molecule has 398 valence electrons. The highest BCUT2D eigenvalue weighted by Gasteiger charge is 2.23. The zero-order chi connectivity index (χ0) is 49.2. The lowest BCUT2D eigenvalue weighted by Gasteiger charge is -2.29. The van der Waals surface area contributed by atoms with Gasteiger partial charge in [0.1, 0.15) is 13.2 Å². The number of likely N-dealkylation sites (N-methyl/N-ethyl adjacent to an activating group) is 1. The van der Waals surface area contributed by atoms with Crippen LogP contribution in [0.15, 0.2) is 24.3 Å². The summed E-state index contributed by atoms with van der Waals surface area (Å²) in [6.45, 7) is 4.67. The minimum Gasteiger partial charge on any atom is -0.756 e. The van der Waals surface area contributed by atoms with E-state index in [2.05, 4.69) is 31.3 Å². The predicted molar refractivity (Wildman–Crippen MR) is 289 cm³/mol. The molecule has 0 saturated carbocycles. The van der Waals surface area contributed by atoms with E-state index in [4.69, 9.17) is 9.05 Å². The van der Waals surface area contributed by atoms with Crippen LogP contribution in [-0.2, 0) is 18.4 Å². The van der Waals surface area contributed by atoms with Crippen molar-refractivity contribution >= 4 is 13.7 Å². The number of nitrogens with zero attached hydrogens (tertiary/aromatic N) is 1. The highest BCUT2D eigenvalue weighted by Crippen LogP contribution is 2.38. The number of carbonyl (C=O) groups is 1. The fourth-order valence-corrected chi connectivity index (χ4v) is 9.54. The Morgan fingerprint density at radius 1 is 0.507 bits per heavy atom. The number of unbranched alkanes of at least 4 members (excludes halogenated alkanes) is 39. The quantitative estimate of drug-likeness (QED) is 0.0272. The van der Waals surface area contributed by atoms with Crippen LogP contribution < -0.4 is 10.2 Å². The number of phosphoric ester groups is 1. The highest BCUT2D eigenvalue weighted by atomic mass is 31.2. The van der Waals surface area contributed by atoms with Gasteiger partial charge in [-0.05, 0) is 32.1 Å². The van der Waals surface area contributed by atoms with Gasteiger partial charge < -0.3 is 28.8 Å². The molecule has 67 heavy (non-hydrogen) atoms. The van der Waals surface area contributed by atoms with Crippen LogP contribution in [0.5, 0.6) is 0 Å². The van der Waals surface area contributed by atoms with E-state index in [0.29, 0.717) is 17.4 Å². The Kier molecular flexibility index (Phi) is 49.2. The van der Waals surface area contributed by atoms with Gasteiger partial charge in [0.2, 0.25) is 5.91 Å². The van der Waals surface area contributed by atoms with Gasteiger partial charge in [0, 0.05) is 6.42 Å². The Labute approximate surface area is 417 Å². The zero-order valence-electron chi connectivity index (χ0n) is 45.4. The molecule has 0 aromatic rings. The molecule has 0 radical (unpaired) electrons. The van der Waals surface area contributed by atoms with Gasteiger partial charge >= 0.3 is 0 Å². The summed E-state index contributed by atoms with van der Waals surface area (Å²) in [7, 11) is 1.26. The standard InChI is InChI=1S/C58H115N2O6P/c1-6-8-10-12-14-16-18-20-22-24-25-26-27-28-29-30-31-32-33-34-35-36-37-39-41-43-45-47-49-51-57(61)56(55-66-67(63,64)65-54-53-60(3,4)5)59-58(62)52-50-48-46-44-42-40-38-23-21-19-17-15-13-11-9-7-2/h41,43,49,51,56-57,61H,6-40,42,44-48,50,52-55H2,1-5H3,(H-,59,62,63,64)/b43-41+,51-49+. The summed E-state index contributed by atoms with van der Waals surface area (Å²) in [6.07, 6.45) is 62.7. The summed E-state index contributed by atoms with van der Waals surface area (Å²) in [5.41, 5.74) is 0. The van der Waals surface area contributed by atoms with E-state index in [-0.39, 0.29) is 19.1 Å². The number of hydrogen-bond acceptors (Lipinski definition) is 6. The van der Waals surface area contributed by atoms with Crippen LogP contribution in [0.4, 0.5) is 0 Å². The number of aliphatic hydroxyl groups is 1. The summed E-state index contributed by atoms with van der Waals surface area (Å²) in [6, 6.07) is -0.900. The van der Waals surface area contributed by atoms with Crippen LogP contribution in [0, 0.1) is 0 Å². The normalized spacial score (nSPS) is 14.1. The first kappa shape index (κ1) is 66.0. The topological polar surface area (TPSA) is 108 Å². The minimum absolute atomic E-state index is 0.00379. The SMILES string of the molecule is CCCCCCCCCCCCCCCCCCCCCCCCC/C=C/CC/C=C/C(O)C(COP(=O)([O-])OCC[N+](C)(C)C)NC(=O)CCCCCCCCCCCCCCCCCC. The van der Waals surface area contributed by atoms with Crippen molar-refractivity contribution in [1.29, 1.82) is 0 Å². The molecule has 0 aliphatic heterocycles. The van der Waals surface area contributed by atoms with Crippen molar-refractivity contribution in [3.05, 3.63) is 24.3 Å². The van der Waals surface area contributed by atoms with Gasteiger partial charge in [0.15, 0.2) is 0 Å². The third kappa shape index (κ3) is 52.6. The Bertz CT molecular complexity index is 1140. The molecular formula is C58H115N2O6P. The molecule has 8 nitrogen and oxygen atoms in total. The number of rotatable bonds is 54. The molecule has 0 aromatic carbocycles. The van der Waals surface area contributed by atoms with E-state index in [1.807, 2.05) is 27.2 Å². The third-order valence-electron chi connectivity index (χ3n) is 13.4. The molecule has 2 N–H and O–H groups in total. The lowest BCUT2D eigenvalue weighted by molar-refractivity contribution is -0.870. The second-order valence-corrected chi connectivity index (χ2v) is 22.8. The maximum atomic E-state index is 12.9. The molecular weight excluding hydrogens is 852 g/mol. The van der Waals surface area contributed by atoms with Gasteiger partial charge in [-0.2, -0.15) is 0 Å². The average Bonchev–Trinajstić information content (AvgIpc) is 3.29. The van der Waals surface area contributed by atoms with Crippen molar-refractivity contribution in [3.63, 3.8) is 0 Å². The lowest BCUT2D eigenvalue weighted by Crippen LogP contribution is -2.45. The first-order valence-corrected chi connectivity index (χ1v) is 30.7. The molecule has 0 heterocycles. The molecule has 1 amide bonds. The van der Waals surface area contributed by atoms with Crippen LogP contribution in [0.25, 0.3) is 0 Å². The number of phosphoric acid groups is 1. The van der Waals surface area contributed by atoms with Gasteiger partial charge in [0.25, 0.3) is 7.82 Å². The average molecular weight is 968 g/mol. The molecule has 0 rings (SSSR count). The van der Waals surface area contributed by atoms with E-state index in [1.165, 1.54) is 231 Å². The summed E-state index contributed by atoms with van der Waals surface area (Å²) < 4.78 is 23.3. The lowest BCUT2D eigenvalue weighted by atomic mass is 10.0. The van der Waals surface area contributed by atoms with E-state index in [1.54, 1.807) is 6.08 Å². The number of nitrogens with one attached hydrogen (secondary N) is 1. The smallest absolute Gasteiger partial charge is 0.268 e. The van der Waals surface area contributed by atoms with Crippen molar-refractivity contribution in [3.8, 4) is 0 Å². The maximum Gasteiger partial charge on any atom is 0.268 e. The molecule has 9 heteroatoms. The molecule has 0 aliphatic rings. The van der Waals surface area contributed by atoms with Crippen LogP contribution in [-0.4, -0.2) is 68.5 Å². The Balaban J connectivity index is 4.16. The minimum atomic E-state index is -4.60. The second kappa shape index (κ2) is 49.9. The summed E-state index contributed by atoms with van der Waals surface area (Å²) >= 11 is 0. The van der Waals surface area contributed by atoms with E-state index < -0.39 is 20.0 Å². The summed E-state index contributed by atoms with van der Waals surface area (Å²) in [5, 5.41) is 13.9. The highest BCUT2D eigenvalue weighted by molar-refractivity contribution is 7.45. The van der Waals surface area contributed by atoms with Crippen LogP contribution in [0.2, 0.25) is 0 Å². The molecule has 3 unspecified atom stereocenters. The number of hydrogen-bond donors (Lipinski definition) is 2. The Hall–Kier alpha value is -1.02. The molecule has 0 fully saturated rings. The van der Waals surface area contributed by atoms with Crippen molar-refractivity contribution in [2.45, 2.75) is 302 Å². The van der Waals surface area contributed by atoms with Gasteiger partial charge in [-0.1, -0.05) is 276 Å². The van der Waals surface area contributed by atoms with Gasteiger partial charge in [0.05, 0.1) is 39.9 Å². The predicted octanol–water partition coefficient (Wildman–Crippen LogP) is 17.0. The largest absolute Gasteiger partial charge is 0.756 e. The maximum absolute atomic E-state index is 12.9. The second-order valence-electron chi connectivity index (χ2n) is 21.4. The van der Waals surface area contributed by atoms with Crippen LogP contribution >= 0.6 is 7.82 Å². The molecule has 0 saturated heterocycles. The van der Waals surface area contributed by atoms with Crippen molar-refractivity contribution < 1.29 is 32.9 Å². The first-order chi connectivity index (χ1) is 32.5. The van der Waals surface area contributed by atoms with Crippen molar-refractivity contribution in [2.75, 3.05) is 40.9 Å². The number of aliphatic hydroxyl groups excluding tert-OH is 1. The zero-order valence-corrected chi connectivity index (χ0v) is 46.3. The van der Waals surface area contributed by atoms with Crippen LogP contribution in [0.1, 0.15) is 290 Å².